The molecule has 1 aliphatic heterocycles. The lowest BCUT2D eigenvalue weighted by Crippen LogP contribution is -1.94. The molecule has 66 valence electrons. The highest BCUT2D eigenvalue weighted by atomic mass is 16.5. The Morgan fingerprint density at radius 1 is 1.25 bits per heavy atom. The number of aromatic nitrogens is 1. The zero-order chi connectivity index (χ0) is 8.65. The smallest absolute Gasteiger partial charge is 0.0547 e. The number of nitrogens with zero attached hydrogens (tertiary/aromatic N) is 1. The maximum Gasteiger partial charge on any atom is 0.0547 e. The highest BCUT2D eigenvalue weighted by Gasteiger charge is 2.07. The number of ether oxygens (including phenoxy) is 1. The Bertz CT molecular complexity index is 156. The highest BCUT2D eigenvalue weighted by Crippen LogP contribution is 2.09. The van der Waals surface area contributed by atoms with Gasteiger partial charge in [-0.15, -0.1) is 0 Å². The van der Waals surface area contributed by atoms with Gasteiger partial charge in [-0.1, -0.05) is 6.07 Å². The number of rotatable bonds is 0. The molecule has 0 amide bonds. The molecule has 0 aromatic carbocycles. The lowest BCUT2D eigenvalue weighted by molar-refractivity contribution is 0.125. The van der Waals surface area contributed by atoms with Gasteiger partial charge in [0.05, 0.1) is 6.10 Å². The molecule has 12 heavy (non-hydrogen) atoms. The van der Waals surface area contributed by atoms with Gasteiger partial charge < -0.3 is 4.74 Å². The predicted molar refractivity (Wildman–Crippen MR) is 48.9 cm³/mol. The molecule has 2 heteroatoms. The van der Waals surface area contributed by atoms with Crippen LogP contribution in [0.3, 0.4) is 0 Å². The summed E-state index contributed by atoms with van der Waals surface area (Å²) in [6, 6.07) is 5.72. The van der Waals surface area contributed by atoms with Gasteiger partial charge in [0.25, 0.3) is 0 Å². The topological polar surface area (TPSA) is 22.1 Å². The zero-order valence-electron chi connectivity index (χ0n) is 7.44. The van der Waals surface area contributed by atoms with Crippen molar-refractivity contribution in [2.24, 2.45) is 0 Å². The third-order valence-corrected chi connectivity index (χ3v) is 1.72. The van der Waals surface area contributed by atoms with Crippen molar-refractivity contribution >= 4 is 0 Å². The van der Waals surface area contributed by atoms with Gasteiger partial charge in [-0.25, -0.2) is 0 Å². The molecule has 2 nitrogen and oxygen atoms in total. The normalized spacial score (nSPS) is 21.2. The third-order valence-electron chi connectivity index (χ3n) is 1.72. The molecule has 2 heterocycles. The molecule has 1 aliphatic rings. The molecule has 1 aromatic rings. The number of pyridine rings is 1. The predicted octanol–water partition coefficient (Wildman–Crippen LogP) is 2.27. The van der Waals surface area contributed by atoms with Crippen LogP contribution in [-0.4, -0.2) is 17.7 Å². The zero-order valence-corrected chi connectivity index (χ0v) is 7.44. The van der Waals surface area contributed by atoms with Crippen LogP contribution in [0.5, 0.6) is 0 Å². The lowest BCUT2D eigenvalue weighted by atomic mass is 10.3. The summed E-state index contributed by atoms with van der Waals surface area (Å²) < 4.78 is 5.15. The number of hydrogen-bond donors (Lipinski definition) is 0. The summed E-state index contributed by atoms with van der Waals surface area (Å²) >= 11 is 0. The Kier molecular flexibility index (Phi) is 4.39. The first-order chi connectivity index (χ1) is 5.89. The van der Waals surface area contributed by atoms with E-state index in [0.29, 0.717) is 6.10 Å². The first-order valence-electron chi connectivity index (χ1n) is 4.36. The van der Waals surface area contributed by atoms with Gasteiger partial charge in [0.1, 0.15) is 0 Å². The van der Waals surface area contributed by atoms with E-state index >= 15 is 0 Å². The maximum atomic E-state index is 5.15. The summed E-state index contributed by atoms with van der Waals surface area (Å²) in [5.74, 6) is 0. The van der Waals surface area contributed by atoms with E-state index in [2.05, 4.69) is 11.9 Å². The van der Waals surface area contributed by atoms with Crippen molar-refractivity contribution in [3.8, 4) is 0 Å². The van der Waals surface area contributed by atoms with Crippen molar-refractivity contribution in [3.05, 3.63) is 30.6 Å². The van der Waals surface area contributed by atoms with Gasteiger partial charge in [0, 0.05) is 19.0 Å². The van der Waals surface area contributed by atoms with Crippen LogP contribution in [0.25, 0.3) is 0 Å². The van der Waals surface area contributed by atoms with Crippen LogP contribution in [0.2, 0.25) is 0 Å². The van der Waals surface area contributed by atoms with Crippen LogP contribution >= 0.6 is 0 Å². The highest BCUT2D eigenvalue weighted by molar-refractivity contribution is 4.88. The van der Waals surface area contributed by atoms with Gasteiger partial charge in [-0.2, -0.15) is 0 Å². The van der Waals surface area contributed by atoms with Crippen molar-refractivity contribution in [1.29, 1.82) is 0 Å². The summed E-state index contributed by atoms with van der Waals surface area (Å²) in [5.41, 5.74) is 0. The second-order valence-electron chi connectivity index (χ2n) is 2.85. The Morgan fingerprint density at radius 2 is 2.00 bits per heavy atom. The first-order valence-corrected chi connectivity index (χ1v) is 4.36. The van der Waals surface area contributed by atoms with E-state index in [1.165, 1.54) is 12.8 Å². The van der Waals surface area contributed by atoms with Gasteiger partial charge in [0.2, 0.25) is 0 Å². The van der Waals surface area contributed by atoms with E-state index in [0.717, 1.165) is 6.61 Å². The quantitative estimate of drug-likeness (QED) is 0.588. The van der Waals surface area contributed by atoms with Crippen LogP contribution in [0, 0.1) is 0 Å². The minimum atomic E-state index is 0.546. The SMILES string of the molecule is CC1CCCO1.c1ccncc1. The van der Waals surface area contributed by atoms with E-state index in [9.17, 15) is 0 Å². The Balaban J connectivity index is 0.000000120. The molecule has 1 fully saturated rings. The monoisotopic (exact) mass is 165 g/mol. The largest absolute Gasteiger partial charge is 0.379 e. The fraction of sp³-hybridized carbons (Fsp3) is 0.500. The molecule has 0 spiro atoms. The average Bonchev–Trinajstić information content (AvgIpc) is 2.60. The second-order valence-corrected chi connectivity index (χ2v) is 2.85. The fourth-order valence-corrected chi connectivity index (χ4v) is 1.05. The van der Waals surface area contributed by atoms with Crippen LogP contribution in [-0.2, 0) is 4.74 Å². The van der Waals surface area contributed by atoms with Crippen LogP contribution in [0.15, 0.2) is 30.6 Å². The molecular weight excluding hydrogens is 150 g/mol. The van der Waals surface area contributed by atoms with Crippen molar-refractivity contribution in [3.63, 3.8) is 0 Å². The van der Waals surface area contributed by atoms with Crippen LogP contribution in [0.4, 0.5) is 0 Å². The molecule has 1 saturated heterocycles. The van der Waals surface area contributed by atoms with E-state index in [-0.39, 0.29) is 0 Å². The molecular formula is C10H15NO. The third kappa shape index (κ3) is 4.09. The first kappa shape index (κ1) is 9.20. The van der Waals surface area contributed by atoms with Crippen LogP contribution in [0.1, 0.15) is 19.8 Å². The van der Waals surface area contributed by atoms with Gasteiger partial charge in [-0.3, -0.25) is 4.98 Å². The van der Waals surface area contributed by atoms with Crippen molar-refractivity contribution in [2.75, 3.05) is 6.61 Å². The fourth-order valence-electron chi connectivity index (χ4n) is 1.05. The molecule has 0 aliphatic carbocycles. The second kappa shape index (κ2) is 5.72. The molecule has 2 rings (SSSR count). The van der Waals surface area contributed by atoms with E-state index < -0.39 is 0 Å². The van der Waals surface area contributed by atoms with Crippen LogP contribution < -0.4 is 0 Å². The Morgan fingerprint density at radius 3 is 2.17 bits per heavy atom. The molecule has 0 radical (unpaired) electrons. The summed E-state index contributed by atoms with van der Waals surface area (Å²) in [5, 5.41) is 0. The molecule has 0 N–H and O–H groups in total. The summed E-state index contributed by atoms with van der Waals surface area (Å²) in [6.45, 7) is 3.11. The molecule has 0 saturated carbocycles. The van der Waals surface area contributed by atoms with Gasteiger partial charge in [0.15, 0.2) is 0 Å². The standard InChI is InChI=1S/C5H5N.C5H10O/c1-2-4-6-5-3-1;1-5-3-2-4-6-5/h1-5H;5H,2-4H2,1H3. The van der Waals surface area contributed by atoms with Gasteiger partial charge >= 0.3 is 0 Å². The minimum absolute atomic E-state index is 0.546. The average molecular weight is 165 g/mol. The van der Waals surface area contributed by atoms with E-state index in [1.807, 2.05) is 18.2 Å². The minimum Gasteiger partial charge on any atom is -0.379 e. The molecule has 1 atom stereocenters. The van der Waals surface area contributed by atoms with Crippen molar-refractivity contribution in [1.82, 2.24) is 4.98 Å². The Labute approximate surface area is 73.6 Å². The van der Waals surface area contributed by atoms with Crippen molar-refractivity contribution < 1.29 is 4.74 Å². The lowest BCUT2D eigenvalue weighted by Gasteiger charge is -1.94. The summed E-state index contributed by atoms with van der Waals surface area (Å²) in [6.07, 6.45) is 6.58. The van der Waals surface area contributed by atoms with E-state index in [1.54, 1.807) is 12.4 Å². The Hall–Kier alpha value is -0.890. The molecule has 1 aromatic heterocycles. The molecule has 0 bridgehead atoms. The maximum absolute atomic E-state index is 5.15. The van der Waals surface area contributed by atoms with Gasteiger partial charge in [-0.05, 0) is 31.9 Å². The summed E-state index contributed by atoms with van der Waals surface area (Å²) in [4.78, 5) is 3.78. The number of hydrogen-bond acceptors (Lipinski definition) is 2. The summed E-state index contributed by atoms with van der Waals surface area (Å²) in [7, 11) is 0. The molecule has 1 unspecified atom stereocenters. The van der Waals surface area contributed by atoms with E-state index in [4.69, 9.17) is 4.74 Å². The van der Waals surface area contributed by atoms with Crippen molar-refractivity contribution in [2.45, 2.75) is 25.9 Å².